The summed E-state index contributed by atoms with van der Waals surface area (Å²) in [5, 5.41) is 5.77. The van der Waals surface area contributed by atoms with Gasteiger partial charge in [0, 0.05) is 33.9 Å². The van der Waals surface area contributed by atoms with E-state index >= 15 is 0 Å². The van der Waals surface area contributed by atoms with Gasteiger partial charge in [0.25, 0.3) is 11.8 Å². The Morgan fingerprint density at radius 1 is 0.515 bits per heavy atom. The number of nitrogens with one attached hydrogen (secondary N) is 2. The van der Waals surface area contributed by atoms with Gasteiger partial charge in [0.05, 0.1) is 0 Å². The topological polar surface area (TPSA) is 110 Å². The van der Waals surface area contributed by atoms with E-state index in [0.717, 1.165) is 28.9 Å². The molecule has 6 heteroatoms. The summed E-state index contributed by atoms with van der Waals surface area (Å²) in [4.78, 5) is 24.7. The van der Waals surface area contributed by atoms with E-state index in [1.165, 1.54) is 0 Å². The number of hydrogen-bond donors (Lipinski definition) is 4. The van der Waals surface area contributed by atoms with E-state index < -0.39 is 0 Å². The molecule has 0 saturated heterocycles. The first-order valence-corrected chi connectivity index (χ1v) is 10.5. The van der Waals surface area contributed by atoms with Crippen molar-refractivity contribution in [2.45, 2.75) is 6.42 Å². The summed E-state index contributed by atoms with van der Waals surface area (Å²) < 4.78 is 0. The van der Waals surface area contributed by atoms with Gasteiger partial charge in [0.1, 0.15) is 0 Å². The predicted octanol–water partition coefficient (Wildman–Crippen LogP) is 4.95. The fraction of sp³-hybridized carbons (Fsp3) is 0.0370. The van der Waals surface area contributed by atoms with E-state index in [4.69, 9.17) is 11.5 Å². The van der Waals surface area contributed by atoms with Crippen LogP contribution in [0.2, 0.25) is 0 Å². The maximum atomic E-state index is 12.3. The third-order valence-electron chi connectivity index (χ3n) is 5.18. The van der Waals surface area contributed by atoms with E-state index in [-0.39, 0.29) is 11.8 Å². The van der Waals surface area contributed by atoms with Crippen molar-refractivity contribution in [3.63, 3.8) is 0 Å². The number of hydrogen-bond acceptors (Lipinski definition) is 4. The minimum Gasteiger partial charge on any atom is -0.399 e. The first-order valence-electron chi connectivity index (χ1n) is 10.5. The van der Waals surface area contributed by atoms with E-state index in [1.807, 2.05) is 48.5 Å². The van der Waals surface area contributed by atoms with E-state index in [1.54, 1.807) is 48.5 Å². The number of nitrogens with two attached hydrogens (primary N) is 2. The zero-order valence-electron chi connectivity index (χ0n) is 17.9. The molecule has 0 radical (unpaired) electrons. The Labute approximate surface area is 192 Å². The van der Waals surface area contributed by atoms with Crippen LogP contribution in [0.3, 0.4) is 0 Å². The monoisotopic (exact) mass is 436 g/mol. The van der Waals surface area contributed by atoms with Crippen LogP contribution in [0.1, 0.15) is 31.8 Å². The molecule has 4 rings (SSSR count). The molecule has 0 spiro atoms. The van der Waals surface area contributed by atoms with Crippen molar-refractivity contribution in [3.8, 4) is 0 Å². The molecule has 0 bridgehead atoms. The average molecular weight is 437 g/mol. The van der Waals surface area contributed by atoms with Gasteiger partial charge in [-0.05, 0) is 90.3 Å². The normalized spacial score (nSPS) is 10.4. The quantitative estimate of drug-likeness (QED) is 0.321. The van der Waals surface area contributed by atoms with E-state index in [9.17, 15) is 9.59 Å². The van der Waals surface area contributed by atoms with Gasteiger partial charge in [-0.3, -0.25) is 9.59 Å². The number of benzene rings is 4. The highest BCUT2D eigenvalue weighted by atomic mass is 16.2. The van der Waals surface area contributed by atoms with Crippen molar-refractivity contribution < 1.29 is 9.59 Å². The molecule has 0 aliphatic heterocycles. The Morgan fingerprint density at radius 3 is 1.18 bits per heavy atom. The third-order valence-corrected chi connectivity index (χ3v) is 5.18. The standard InChI is InChI=1S/C27H24N4O2/c28-22-9-5-20(6-10-22)26(32)30-24-13-1-18(2-14-24)17-19-3-15-25(16-4-19)31-27(33)21-7-11-23(29)12-8-21/h1-16H,17,28-29H2,(H,30,32)(H,31,33). The fourth-order valence-electron chi connectivity index (χ4n) is 3.32. The molecule has 0 aliphatic rings. The minimum absolute atomic E-state index is 0.181. The molecular weight excluding hydrogens is 412 g/mol. The zero-order chi connectivity index (χ0) is 23.2. The molecular formula is C27H24N4O2. The van der Waals surface area contributed by atoms with Gasteiger partial charge < -0.3 is 22.1 Å². The molecule has 2 amide bonds. The van der Waals surface area contributed by atoms with Crippen LogP contribution in [0.5, 0.6) is 0 Å². The Bertz CT molecular complexity index is 1150. The molecule has 164 valence electrons. The summed E-state index contributed by atoms with van der Waals surface area (Å²) in [7, 11) is 0. The van der Waals surface area contributed by atoms with Crippen LogP contribution in [0.15, 0.2) is 97.1 Å². The summed E-state index contributed by atoms with van der Waals surface area (Å²) >= 11 is 0. The summed E-state index contributed by atoms with van der Waals surface area (Å²) in [5.41, 5.74) is 17.3. The van der Waals surface area contributed by atoms with Gasteiger partial charge in [-0.2, -0.15) is 0 Å². The minimum atomic E-state index is -0.181. The number of carbonyl (C=O) groups is 2. The second-order valence-corrected chi connectivity index (χ2v) is 7.72. The number of carbonyl (C=O) groups excluding carboxylic acids is 2. The highest BCUT2D eigenvalue weighted by Crippen LogP contribution is 2.18. The maximum Gasteiger partial charge on any atom is 0.255 e. The number of anilines is 4. The Hall–Kier alpha value is -4.58. The molecule has 4 aromatic rings. The van der Waals surface area contributed by atoms with Crippen LogP contribution in [0.25, 0.3) is 0 Å². The van der Waals surface area contributed by atoms with Gasteiger partial charge in [0.2, 0.25) is 0 Å². The molecule has 0 unspecified atom stereocenters. The summed E-state index contributed by atoms with van der Waals surface area (Å²) in [5.74, 6) is -0.362. The highest BCUT2D eigenvalue weighted by molar-refractivity contribution is 6.05. The molecule has 6 N–H and O–H groups in total. The molecule has 0 fully saturated rings. The lowest BCUT2D eigenvalue weighted by molar-refractivity contribution is 0.101. The van der Waals surface area contributed by atoms with Gasteiger partial charge in [-0.25, -0.2) is 0 Å². The zero-order valence-corrected chi connectivity index (χ0v) is 17.9. The van der Waals surface area contributed by atoms with Crippen LogP contribution >= 0.6 is 0 Å². The van der Waals surface area contributed by atoms with Crippen molar-refractivity contribution >= 4 is 34.6 Å². The largest absolute Gasteiger partial charge is 0.399 e. The van der Waals surface area contributed by atoms with Crippen LogP contribution < -0.4 is 22.1 Å². The molecule has 0 heterocycles. The molecule has 4 aromatic carbocycles. The molecule has 0 aromatic heterocycles. The summed E-state index contributed by atoms with van der Waals surface area (Å²) in [6, 6.07) is 29.0. The second kappa shape index (κ2) is 9.70. The van der Waals surface area contributed by atoms with Crippen molar-refractivity contribution in [1.82, 2.24) is 0 Å². The van der Waals surface area contributed by atoms with E-state index in [0.29, 0.717) is 22.5 Å². The maximum absolute atomic E-state index is 12.3. The number of rotatable bonds is 6. The molecule has 33 heavy (non-hydrogen) atoms. The van der Waals surface area contributed by atoms with Crippen molar-refractivity contribution in [1.29, 1.82) is 0 Å². The van der Waals surface area contributed by atoms with Crippen molar-refractivity contribution in [2.24, 2.45) is 0 Å². The van der Waals surface area contributed by atoms with Gasteiger partial charge >= 0.3 is 0 Å². The average Bonchev–Trinajstić information content (AvgIpc) is 2.82. The lowest BCUT2D eigenvalue weighted by Crippen LogP contribution is -2.12. The third kappa shape index (κ3) is 5.77. The molecule has 6 nitrogen and oxygen atoms in total. The Balaban J connectivity index is 1.33. The summed E-state index contributed by atoms with van der Waals surface area (Å²) in [6.45, 7) is 0. The molecule has 0 atom stereocenters. The lowest BCUT2D eigenvalue weighted by atomic mass is 10.0. The van der Waals surface area contributed by atoms with Crippen LogP contribution in [-0.4, -0.2) is 11.8 Å². The lowest BCUT2D eigenvalue weighted by Gasteiger charge is -2.09. The van der Waals surface area contributed by atoms with Crippen LogP contribution in [0, 0.1) is 0 Å². The van der Waals surface area contributed by atoms with Crippen LogP contribution in [-0.2, 0) is 6.42 Å². The second-order valence-electron chi connectivity index (χ2n) is 7.72. The van der Waals surface area contributed by atoms with E-state index in [2.05, 4.69) is 10.6 Å². The number of nitrogen functional groups attached to an aromatic ring is 2. The fourth-order valence-corrected chi connectivity index (χ4v) is 3.32. The Morgan fingerprint density at radius 2 is 0.848 bits per heavy atom. The van der Waals surface area contributed by atoms with Gasteiger partial charge in [-0.15, -0.1) is 0 Å². The number of amides is 2. The van der Waals surface area contributed by atoms with Gasteiger partial charge in [0.15, 0.2) is 0 Å². The van der Waals surface area contributed by atoms with Crippen LogP contribution in [0.4, 0.5) is 22.7 Å². The highest BCUT2D eigenvalue weighted by Gasteiger charge is 2.07. The predicted molar refractivity (Wildman–Crippen MR) is 133 cm³/mol. The van der Waals surface area contributed by atoms with Crippen molar-refractivity contribution in [3.05, 3.63) is 119 Å². The Kier molecular flexibility index (Phi) is 6.36. The smallest absolute Gasteiger partial charge is 0.255 e. The molecule has 0 aliphatic carbocycles. The van der Waals surface area contributed by atoms with Gasteiger partial charge in [-0.1, -0.05) is 24.3 Å². The first kappa shape index (κ1) is 21.6. The first-order chi connectivity index (χ1) is 16.0. The SMILES string of the molecule is Nc1ccc(C(=O)Nc2ccc(Cc3ccc(NC(=O)c4ccc(N)cc4)cc3)cc2)cc1. The van der Waals surface area contributed by atoms with Crippen molar-refractivity contribution in [2.75, 3.05) is 22.1 Å². The summed E-state index contributed by atoms with van der Waals surface area (Å²) in [6.07, 6.45) is 0.735. The molecule has 0 saturated carbocycles.